The number of benzene rings is 1. The molecule has 3 heterocycles. The number of anilines is 4. The van der Waals surface area contributed by atoms with Crippen molar-refractivity contribution >= 4 is 46.5 Å². The summed E-state index contributed by atoms with van der Waals surface area (Å²) in [6.45, 7) is 0.535. The minimum absolute atomic E-state index is 0. The molecule has 12 nitrogen and oxygen atoms in total. The van der Waals surface area contributed by atoms with E-state index in [1.165, 1.54) is 37.1 Å². The number of rotatable bonds is 8. The lowest BCUT2D eigenvalue weighted by Gasteiger charge is -2.23. The largest absolute Gasteiger partial charge is 0.453 e. The molecule has 1 aliphatic carbocycles. The van der Waals surface area contributed by atoms with Crippen LogP contribution in [0.5, 0.6) is 0 Å². The highest BCUT2D eigenvalue weighted by molar-refractivity contribution is 6.36. The molecule has 208 valence electrons. The molecular formula is C24H28ClF2N9O3. The second kappa shape index (κ2) is 11.4. The molecule has 5 rings (SSSR count). The van der Waals surface area contributed by atoms with Gasteiger partial charge in [-0.15, -0.1) is 5.10 Å². The van der Waals surface area contributed by atoms with Crippen LogP contribution in [0, 0.1) is 11.3 Å². The molecule has 1 saturated carbocycles. The van der Waals surface area contributed by atoms with Gasteiger partial charge in [-0.05, 0) is 25.0 Å². The molecule has 0 bridgehead atoms. The molecule has 0 unspecified atom stereocenters. The molecule has 39 heavy (non-hydrogen) atoms. The van der Waals surface area contributed by atoms with E-state index in [-0.39, 0.29) is 54.5 Å². The van der Waals surface area contributed by atoms with E-state index in [2.05, 4.69) is 35.8 Å². The van der Waals surface area contributed by atoms with Crippen molar-refractivity contribution in [2.24, 2.45) is 0 Å². The monoisotopic (exact) mass is 563 g/mol. The molecule has 1 saturated heterocycles. The highest BCUT2D eigenvalue weighted by Crippen LogP contribution is 2.40. The number of methoxy groups -OCH3 is 2. The molecule has 3 aromatic rings. The number of hydrogen-bond acceptors (Lipinski definition) is 10. The van der Waals surface area contributed by atoms with Crippen molar-refractivity contribution < 1.29 is 23.0 Å². The quantitative estimate of drug-likeness (QED) is 0.366. The Balaban J connectivity index is 0.00000353. The third kappa shape index (κ3) is 5.74. The number of alkyl halides is 2. The van der Waals surface area contributed by atoms with E-state index in [1.54, 1.807) is 4.90 Å². The lowest BCUT2D eigenvalue weighted by Crippen LogP contribution is -2.43. The van der Waals surface area contributed by atoms with E-state index < -0.39 is 24.7 Å². The topological polar surface area (TPSA) is 142 Å². The third-order valence-electron chi connectivity index (χ3n) is 6.37. The molecule has 2 atom stereocenters. The first-order chi connectivity index (χ1) is 18.3. The van der Waals surface area contributed by atoms with Gasteiger partial charge in [-0.1, -0.05) is 19.0 Å². The van der Waals surface area contributed by atoms with Crippen LogP contribution in [-0.2, 0) is 9.47 Å². The Morgan fingerprint density at radius 2 is 2.05 bits per heavy atom. The summed E-state index contributed by atoms with van der Waals surface area (Å²) in [5.41, 5.74) is 0.750. The predicted octanol–water partition coefficient (Wildman–Crippen LogP) is 4.10. The highest BCUT2D eigenvalue weighted by atomic mass is 35.5. The van der Waals surface area contributed by atoms with Gasteiger partial charge in [0.15, 0.2) is 17.2 Å². The van der Waals surface area contributed by atoms with Gasteiger partial charge in [-0.25, -0.2) is 18.6 Å². The lowest BCUT2D eigenvalue weighted by molar-refractivity contribution is 0.0922. The van der Waals surface area contributed by atoms with Gasteiger partial charge in [0, 0.05) is 31.8 Å². The molecule has 1 aliphatic heterocycles. The fourth-order valence-electron chi connectivity index (χ4n) is 4.29. The number of imidazole rings is 1. The van der Waals surface area contributed by atoms with Crippen molar-refractivity contribution in [2.75, 3.05) is 42.8 Å². The van der Waals surface area contributed by atoms with E-state index in [0.29, 0.717) is 17.2 Å². The van der Waals surface area contributed by atoms with Crippen LogP contribution in [0.2, 0.25) is 5.02 Å². The third-order valence-corrected chi connectivity index (χ3v) is 6.76. The number of amides is 1. The average Bonchev–Trinajstić information content (AvgIpc) is 3.47. The molecule has 2 aliphatic rings. The number of alkyl carbamates (subject to hydrolysis) is 1. The maximum atomic E-state index is 13.9. The van der Waals surface area contributed by atoms with Crippen LogP contribution in [0.4, 0.5) is 36.7 Å². The zero-order valence-corrected chi connectivity index (χ0v) is 21.2. The van der Waals surface area contributed by atoms with Gasteiger partial charge in [0.2, 0.25) is 5.95 Å². The summed E-state index contributed by atoms with van der Waals surface area (Å²) in [5, 5.41) is 22.8. The highest BCUT2D eigenvalue weighted by Gasteiger charge is 2.36. The number of nitrogens with zero attached hydrogens (tertiary/aromatic N) is 6. The zero-order chi connectivity index (χ0) is 27.0. The number of aromatic nitrogens is 4. The smallest absolute Gasteiger partial charge is 0.407 e. The van der Waals surface area contributed by atoms with Gasteiger partial charge in [0.1, 0.15) is 6.07 Å². The number of carbonyl (C=O) groups is 1. The fraction of sp³-hybridized carbons (Fsp3) is 0.458. The summed E-state index contributed by atoms with van der Waals surface area (Å²) in [5.74, 6) is 0.447. The van der Waals surface area contributed by atoms with Gasteiger partial charge in [-0.3, -0.25) is 0 Å². The first kappa shape index (κ1) is 28.1. The Morgan fingerprint density at radius 3 is 2.69 bits per heavy atom. The van der Waals surface area contributed by atoms with Crippen LogP contribution in [0.25, 0.3) is 5.65 Å². The fourth-order valence-corrected chi connectivity index (χ4v) is 4.56. The molecule has 3 N–H and O–H groups in total. The molecule has 2 fully saturated rings. The molecule has 0 radical (unpaired) electrons. The number of nitriles is 1. The summed E-state index contributed by atoms with van der Waals surface area (Å²) >= 11 is 6.73. The van der Waals surface area contributed by atoms with E-state index in [9.17, 15) is 18.8 Å². The summed E-state index contributed by atoms with van der Waals surface area (Å²) < 4.78 is 39.3. The Bertz CT molecular complexity index is 1410. The number of carbonyl (C=O) groups excluding carboxylic acids is 1. The Labute approximate surface area is 228 Å². The van der Waals surface area contributed by atoms with E-state index in [0.717, 1.165) is 12.8 Å². The molecule has 2 aromatic heterocycles. The Kier molecular flexibility index (Phi) is 8.22. The number of nitrogens with one attached hydrogen (secondary N) is 3. The van der Waals surface area contributed by atoms with Crippen molar-refractivity contribution in [3.63, 3.8) is 0 Å². The maximum Gasteiger partial charge on any atom is 0.407 e. The van der Waals surface area contributed by atoms with Crippen LogP contribution in [0.3, 0.4) is 0 Å². The molecule has 1 aromatic carbocycles. The van der Waals surface area contributed by atoms with Crippen LogP contribution >= 0.6 is 11.6 Å². The van der Waals surface area contributed by atoms with Gasteiger partial charge in [0.05, 0.1) is 41.8 Å². The number of hydrogen-bond donors (Lipinski definition) is 3. The SMILES string of the molecule is C.COC(=O)N[C@H]1CN(c2cc(C(F)F)cc(Nc3nc(NC4CC4)c4ncc(C#N)n4n3)c2Cl)C[C@@H]1OC. The van der Waals surface area contributed by atoms with E-state index in [1.807, 2.05) is 6.07 Å². The predicted molar refractivity (Wildman–Crippen MR) is 141 cm³/mol. The minimum Gasteiger partial charge on any atom is -0.453 e. The van der Waals surface area contributed by atoms with Gasteiger partial charge < -0.3 is 30.3 Å². The molecule has 15 heteroatoms. The molecular weight excluding hydrogens is 536 g/mol. The van der Waals surface area contributed by atoms with E-state index in [4.69, 9.17) is 16.3 Å². The summed E-state index contributed by atoms with van der Waals surface area (Å²) in [7, 11) is 2.75. The van der Waals surface area contributed by atoms with E-state index >= 15 is 0 Å². The first-order valence-electron chi connectivity index (χ1n) is 11.7. The summed E-state index contributed by atoms with van der Waals surface area (Å²) in [6.07, 6.45) is -0.517. The standard InChI is InChI=1S/C23H24ClF2N9O3.CH4/c1-37-17-10-34(9-15(17)31-23(36)38-2)16-6-11(19(25)26)5-14(18(16)24)30-22-32-20(29-12-3-4-12)21-28-8-13(7-27)35(21)33-22;/h5-6,8,12,15,17,19H,3-4,9-10H2,1-2H3,(H,31,36)(H2,29,30,32,33);1H4/t15-,17-;/m0./s1. The lowest BCUT2D eigenvalue weighted by atomic mass is 10.1. The zero-order valence-electron chi connectivity index (χ0n) is 20.4. The van der Waals surface area contributed by atoms with Crippen molar-refractivity contribution in [3.05, 3.63) is 34.6 Å². The second-order valence-electron chi connectivity index (χ2n) is 8.94. The van der Waals surface area contributed by atoms with Gasteiger partial charge in [-0.2, -0.15) is 14.8 Å². The van der Waals surface area contributed by atoms with Crippen LogP contribution in [-0.4, -0.2) is 71.2 Å². The van der Waals surface area contributed by atoms with Crippen molar-refractivity contribution in [1.82, 2.24) is 24.9 Å². The van der Waals surface area contributed by atoms with Crippen LogP contribution in [0.15, 0.2) is 18.3 Å². The van der Waals surface area contributed by atoms with Crippen LogP contribution in [0.1, 0.15) is 38.0 Å². The number of halogens is 3. The average molecular weight is 564 g/mol. The Morgan fingerprint density at radius 1 is 1.28 bits per heavy atom. The Hall–Kier alpha value is -3.96. The number of ether oxygens (including phenoxy) is 2. The van der Waals surface area contributed by atoms with Crippen LogP contribution < -0.4 is 20.9 Å². The second-order valence-corrected chi connectivity index (χ2v) is 9.32. The van der Waals surface area contributed by atoms with Gasteiger partial charge >= 0.3 is 6.09 Å². The van der Waals surface area contributed by atoms with Gasteiger partial charge in [0.25, 0.3) is 6.43 Å². The molecule has 1 amide bonds. The maximum absolute atomic E-state index is 13.9. The summed E-state index contributed by atoms with van der Waals surface area (Å²) in [4.78, 5) is 22.2. The van der Waals surface area contributed by atoms with Crippen molar-refractivity contribution in [1.29, 1.82) is 5.26 Å². The van der Waals surface area contributed by atoms with Crippen molar-refractivity contribution in [3.8, 4) is 6.07 Å². The number of fused-ring (bicyclic) bond motifs is 1. The normalized spacial score (nSPS) is 18.5. The first-order valence-corrected chi connectivity index (χ1v) is 12.1. The minimum atomic E-state index is -2.79. The summed E-state index contributed by atoms with van der Waals surface area (Å²) in [6, 6.07) is 4.33. The van der Waals surface area contributed by atoms with Crippen molar-refractivity contribution in [2.45, 2.75) is 44.9 Å². The molecule has 0 spiro atoms.